The first kappa shape index (κ1) is 29.5. The van der Waals surface area contributed by atoms with Gasteiger partial charge in [0.05, 0.1) is 21.8 Å². The number of aromatic nitrogens is 4. The summed E-state index contributed by atoms with van der Waals surface area (Å²) in [6.07, 6.45) is 10.1. The van der Waals surface area contributed by atoms with E-state index in [-0.39, 0.29) is 31.6 Å². The molecular formula is C31H34N6O3S2. The lowest BCUT2D eigenvalue weighted by molar-refractivity contribution is -0.113. The van der Waals surface area contributed by atoms with Crippen LogP contribution in [0.15, 0.2) is 69.2 Å². The number of carbonyl (C=O) groups excluding carboxylic acids is 1. The maximum atomic E-state index is 13.8. The molecule has 1 aliphatic rings. The van der Waals surface area contributed by atoms with Crippen LogP contribution in [0.4, 0.5) is 11.5 Å². The van der Waals surface area contributed by atoms with E-state index in [1.165, 1.54) is 39.7 Å². The predicted octanol–water partition coefficient (Wildman–Crippen LogP) is 5.67. The molecule has 0 atom stereocenters. The number of amides is 1. The number of hydrogen-bond acceptors (Lipinski definition) is 7. The summed E-state index contributed by atoms with van der Waals surface area (Å²) in [5, 5.41) is 3.33. The van der Waals surface area contributed by atoms with Crippen molar-refractivity contribution in [2.24, 2.45) is 7.05 Å². The van der Waals surface area contributed by atoms with Crippen molar-refractivity contribution in [3.63, 3.8) is 0 Å². The SMILES string of the molecule is CCCCCCCCNc1nc2ccccn2c(=O)c1C=C1SC(=S)N(c2c(C)n(C)n(-c3ccccc3)c2=O)C1=O. The Morgan fingerprint density at radius 2 is 1.67 bits per heavy atom. The van der Waals surface area contributed by atoms with Crippen LogP contribution in [0.3, 0.4) is 0 Å². The lowest BCUT2D eigenvalue weighted by Gasteiger charge is -2.13. The molecular weight excluding hydrogens is 569 g/mol. The van der Waals surface area contributed by atoms with Gasteiger partial charge in [-0.25, -0.2) is 9.67 Å². The normalized spacial score (nSPS) is 14.5. The van der Waals surface area contributed by atoms with Crippen molar-refractivity contribution in [1.82, 2.24) is 18.7 Å². The molecule has 11 heteroatoms. The number of thiocarbonyl (C=S) groups is 1. The first-order valence-corrected chi connectivity index (χ1v) is 15.4. The third-order valence-corrected chi connectivity index (χ3v) is 8.71. The highest BCUT2D eigenvalue weighted by Crippen LogP contribution is 2.36. The fourth-order valence-electron chi connectivity index (χ4n) is 5.08. The van der Waals surface area contributed by atoms with Gasteiger partial charge in [0.25, 0.3) is 17.0 Å². The van der Waals surface area contributed by atoms with E-state index in [9.17, 15) is 14.4 Å². The molecule has 1 saturated heterocycles. The van der Waals surface area contributed by atoms with Gasteiger partial charge in [0.1, 0.15) is 17.2 Å². The van der Waals surface area contributed by atoms with E-state index in [4.69, 9.17) is 17.2 Å². The van der Waals surface area contributed by atoms with Crippen molar-refractivity contribution in [3.05, 3.63) is 91.6 Å². The van der Waals surface area contributed by atoms with Crippen LogP contribution in [-0.4, -0.2) is 35.5 Å². The Morgan fingerprint density at radius 3 is 2.43 bits per heavy atom. The van der Waals surface area contributed by atoms with Crippen molar-refractivity contribution in [1.29, 1.82) is 0 Å². The van der Waals surface area contributed by atoms with Gasteiger partial charge in [-0.2, -0.15) is 0 Å². The molecule has 218 valence electrons. The first-order chi connectivity index (χ1) is 20.3. The van der Waals surface area contributed by atoms with Gasteiger partial charge in [-0.3, -0.25) is 28.4 Å². The summed E-state index contributed by atoms with van der Waals surface area (Å²) in [5.41, 5.74) is 1.61. The zero-order valence-electron chi connectivity index (χ0n) is 24.0. The number of benzene rings is 1. The Morgan fingerprint density at radius 1 is 0.952 bits per heavy atom. The Balaban J connectivity index is 1.49. The molecule has 1 amide bonds. The summed E-state index contributed by atoms with van der Waals surface area (Å²) < 4.78 is 4.91. The van der Waals surface area contributed by atoms with Crippen LogP contribution < -0.4 is 21.3 Å². The number of thioether (sulfide) groups is 1. The molecule has 4 heterocycles. The van der Waals surface area contributed by atoms with Crippen molar-refractivity contribution in [2.75, 3.05) is 16.8 Å². The van der Waals surface area contributed by atoms with Gasteiger partial charge in [0, 0.05) is 19.8 Å². The predicted molar refractivity (Wildman–Crippen MR) is 175 cm³/mol. The second-order valence-corrected chi connectivity index (χ2v) is 11.9. The largest absolute Gasteiger partial charge is 0.369 e. The van der Waals surface area contributed by atoms with E-state index in [1.54, 1.807) is 43.1 Å². The average Bonchev–Trinajstić information content (AvgIpc) is 3.38. The van der Waals surface area contributed by atoms with Crippen molar-refractivity contribution >= 4 is 57.4 Å². The molecule has 0 unspecified atom stereocenters. The van der Waals surface area contributed by atoms with E-state index in [1.807, 2.05) is 36.4 Å². The fraction of sp³-hybridized carbons (Fsp3) is 0.323. The zero-order valence-corrected chi connectivity index (χ0v) is 25.6. The van der Waals surface area contributed by atoms with Gasteiger partial charge in [0.15, 0.2) is 4.32 Å². The highest BCUT2D eigenvalue weighted by molar-refractivity contribution is 8.27. The first-order valence-electron chi connectivity index (χ1n) is 14.2. The minimum atomic E-state index is -0.449. The number of para-hydroxylation sites is 1. The summed E-state index contributed by atoms with van der Waals surface area (Å²) in [4.78, 5) is 47.3. The van der Waals surface area contributed by atoms with Gasteiger partial charge >= 0.3 is 0 Å². The van der Waals surface area contributed by atoms with Crippen LogP contribution in [0.1, 0.15) is 56.7 Å². The molecule has 1 fully saturated rings. The minimum Gasteiger partial charge on any atom is -0.369 e. The number of nitrogens with zero attached hydrogens (tertiary/aromatic N) is 5. The third kappa shape index (κ3) is 5.71. The third-order valence-electron chi connectivity index (χ3n) is 7.41. The Kier molecular flexibility index (Phi) is 9.08. The van der Waals surface area contributed by atoms with E-state index < -0.39 is 5.91 Å². The number of fused-ring (bicyclic) bond motifs is 1. The van der Waals surface area contributed by atoms with Crippen LogP contribution in [-0.2, 0) is 11.8 Å². The molecule has 3 aromatic heterocycles. The second kappa shape index (κ2) is 12.9. The summed E-state index contributed by atoms with van der Waals surface area (Å²) in [6, 6.07) is 14.6. The highest BCUT2D eigenvalue weighted by Gasteiger charge is 2.38. The summed E-state index contributed by atoms with van der Waals surface area (Å²) >= 11 is 6.68. The smallest absolute Gasteiger partial charge is 0.296 e. The standard InChI is InChI=1S/C31H34N6O3S2/c1-4-5-6-7-8-13-18-32-27-23(28(38)35-19-14-12-17-25(35)33-27)20-24-29(39)36(31(41)42-24)26-21(2)34(3)37(30(26)40)22-15-10-9-11-16-22/h9-12,14-17,19-20,32H,4-8,13,18H2,1-3H3. The van der Waals surface area contributed by atoms with Crippen molar-refractivity contribution < 1.29 is 4.79 Å². The number of anilines is 2. The molecule has 4 aromatic rings. The molecule has 0 saturated carbocycles. The molecule has 0 radical (unpaired) electrons. The molecule has 0 spiro atoms. The van der Waals surface area contributed by atoms with Crippen LogP contribution in [0.5, 0.6) is 0 Å². The molecule has 1 N–H and O–H groups in total. The zero-order chi connectivity index (χ0) is 29.8. The van der Waals surface area contributed by atoms with Crippen molar-refractivity contribution in [3.8, 4) is 5.69 Å². The number of unbranched alkanes of at least 4 members (excludes halogenated alkanes) is 5. The molecule has 0 bridgehead atoms. The molecule has 1 aliphatic heterocycles. The van der Waals surface area contributed by atoms with Gasteiger partial charge in [-0.1, -0.05) is 87.3 Å². The second-order valence-electron chi connectivity index (χ2n) is 10.2. The quantitative estimate of drug-likeness (QED) is 0.134. The van der Waals surface area contributed by atoms with Gasteiger partial charge in [-0.05, 0) is 43.7 Å². The van der Waals surface area contributed by atoms with Crippen LogP contribution >= 0.6 is 24.0 Å². The fourth-order valence-corrected chi connectivity index (χ4v) is 6.34. The monoisotopic (exact) mass is 602 g/mol. The Hall–Kier alpha value is -3.96. The Bertz CT molecular complexity index is 1790. The maximum Gasteiger partial charge on any atom is 0.296 e. The van der Waals surface area contributed by atoms with Crippen LogP contribution in [0.2, 0.25) is 0 Å². The highest BCUT2D eigenvalue weighted by atomic mass is 32.2. The maximum absolute atomic E-state index is 13.8. The number of pyridine rings is 1. The van der Waals surface area contributed by atoms with Crippen LogP contribution in [0.25, 0.3) is 17.4 Å². The summed E-state index contributed by atoms with van der Waals surface area (Å²) in [5.74, 6) is -0.0252. The lowest BCUT2D eigenvalue weighted by atomic mass is 10.1. The molecule has 42 heavy (non-hydrogen) atoms. The van der Waals surface area contributed by atoms with E-state index in [0.717, 1.165) is 24.6 Å². The van der Waals surface area contributed by atoms with Crippen molar-refractivity contribution in [2.45, 2.75) is 52.4 Å². The Labute approximate surface area is 253 Å². The van der Waals surface area contributed by atoms with E-state index in [2.05, 4.69) is 12.2 Å². The van der Waals surface area contributed by atoms with Crippen LogP contribution in [0, 0.1) is 6.92 Å². The van der Waals surface area contributed by atoms with E-state index >= 15 is 0 Å². The molecule has 9 nitrogen and oxygen atoms in total. The molecule has 0 aliphatic carbocycles. The van der Waals surface area contributed by atoms with E-state index in [0.29, 0.717) is 29.4 Å². The topological polar surface area (TPSA) is 93.6 Å². The summed E-state index contributed by atoms with van der Waals surface area (Å²) in [7, 11) is 1.77. The lowest BCUT2D eigenvalue weighted by Crippen LogP contribution is -2.33. The number of hydrogen-bond donors (Lipinski definition) is 1. The number of nitrogens with one attached hydrogen (secondary N) is 1. The van der Waals surface area contributed by atoms with Gasteiger partial charge in [-0.15, -0.1) is 0 Å². The van der Waals surface area contributed by atoms with Gasteiger partial charge < -0.3 is 5.32 Å². The molecule has 1 aromatic carbocycles. The van der Waals surface area contributed by atoms with Gasteiger partial charge in [0.2, 0.25) is 0 Å². The number of rotatable bonds is 11. The summed E-state index contributed by atoms with van der Waals surface area (Å²) in [6.45, 7) is 4.64. The average molecular weight is 603 g/mol. The minimum absolute atomic E-state index is 0.196. The molecule has 5 rings (SSSR count). The number of carbonyl (C=O) groups is 1.